The smallest absolute Gasteiger partial charge is 0.416 e. The molecule has 0 atom stereocenters. The Bertz CT molecular complexity index is 1550. The number of pyridine rings is 1. The number of nitrogens with zero attached hydrogens (tertiary/aromatic N) is 6. The zero-order chi connectivity index (χ0) is 28.6. The summed E-state index contributed by atoms with van der Waals surface area (Å²) in [5.41, 5.74) is 0.453. The van der Waals surface area contributed by atoms with Crippen molar-refractivity contribution >= 4 is 22.8 Å². The van der Waals surface area contributed by atoms with Gasteiger partial charge in [0.1, 0.15) is 30.1 Å². The highest BCUT2D eigenvalue weighted by molar-refractivity contribution is 6.33. The van der Waals surface area contributed by atoms with Crippen LogP contribution in [-0.4, -0.2) is 74.3 Å². The monoisotopic (exact) mass is 587 g/mol. The van der Waals surface area contributed by atoms with Crippen LogP contribution in [0.25, 0.3) is 22.6 Å². The Morgan fingerprint density at radius 3 is 2.61 bits per heavy atom. The van der Waals surface area contributed by atoms with Crippen molar-refractivity contribution in [3.63, 3.8) is 0 Å². The van der Waals surface area contributed by atoms with Crippen LogP contribution in [0.5, 0.6) is 11.6 Å². The van der Waals surface area contributed by atoms with Crippen molar-refractivity contribution in [2.75, 3.05) is 39.3 Å². The fourth-order valence-electron chi connectivity index (χ4n) is 4.75. The summed E-state index contributed by atoms with van der Waals surface area (Å²) in [5.74, 6) is 1.33. The summed E-state index contributed by atoms with van der Waals surface area (Å²) in [6.45, 7) is 7.18. The topological polar surface area (TPSA) is 90.2 Å². The third-order valence-corrected chi connectivity index (χ3v) is 7.64. The Balaban J connectivity index is 1.34. The minimum atomic E-state index is -4.50. The summed E-state index contributed by atoms with van der Waals surface area (Å²) in [6, 6.07) is 7.28. The van der Waals surface area contributed by atoms with Crippen molar-refractivity contribution in [1.29, 1.82) is 0 Å². The molecule has 6 rings (SSSR count). The van der Waals surface area contributed by atoms with Gasteiger partial charge in [0.2, 0.25) is 5.88 Å². The van der Waals surface area contributed by atoms with E-state index in [2.05, 4.69) is 25.2 Å². The summed E-state index contributed by atoms with van der Waals surface area (Å²) in [4.78, 5) is 20.0. The zero-order valence-corrected chi connectivity index (χ0v) is 23.2. The van der Waals surface area contributed by atoms with Gasteiger partial charge in [0, 0.05) is 44.5 Å². The number of halogens is 4. The average Bonchev–Trinajstić information content (AvgIpc) is 3.57. The highest BCUT2D eigenvalue weighted by Crippen LogP contribution is 2.41. The summed E-state index contributed by atoms with van der Waals surface area (Å²) in [5, 5.41) is 3.71. The first-order valence-corrected chi connectivity index (χ1v) is 13.8. The third-order valence-electron chi connectivity index (χ3n) is 7.33. The van der Waals surface area contributed by atoms with E-state index in [1.807, 2.05) is 6.92 Å². The summed E-state index contributed by atoms with van der Waals surface area (Å²) in [7, 11) is 0. The van der Waals surface area contributed by atoms with Crippen LogP contribution in [0, 0.1) is 0 Å². The lowest BCUT2D eigenvalue weighted by atomic mass is 10.2. The standard InChI is InChI=1S/C28H29ClF3N7O2/c1-27(5-6-27)41-26-23-25(35-17-36-26)39(16-19-14-18(4-7-34-19)28(30,31)32)24(37-23)21-3-2-20(15-22(21)29)40-13-12-38-10-8-33-9-11-38/h2-4,7,14-15,17,33H,5-6,8-13,16H2,1H3. The third kappa shape index (κ3) is 6.24. The van der Waals surface area contributed by atoms with Crippen molar-refractivity contribution in [2.45, 2.75) is 38.1 Å². The lowest BCUT2D eigenvalue weighted by Gasteiger charge is -2.26. The van der Waals surface area contributed by atoms with Crippen LogP contribution >= 0.6 is 11.6 Å². The van der Waals surface area contributed by atoms with Gasteiger partial charge in [-0.2, -0.15) is 18.2 Å². The maximum Gasteiger partial charge on any atom is 0.416 e. The number of hydrogen-bond donors (Lipinski definition) is 1. The molecular formula is C28H29ClF3N7O2. The molecule has 1 saturated heterocycles. The fourth-order valence-corrected chi connectivity index (χ4v) is 5.01. The molecule has 1 saturated carbocycles. The molecule has 216 valence electrons. The first kappa shape index (κ1) is 27.7. The van der Waals surface area contributed by atoms with Gasteiger partial charge in [-0.1, -0.05) is 11.6 Å². The van der Waals surface area contributed by atoms with Crippen molar-refractivity contribution < 1.29 is 22.6 Å². The molecule has 1 aliphatic heterocycles. The summed E-state index contributed by atoms with van der Waals surface area (Å²) in [6.07, 6.45) is -0.204. The molecule has 13 heteroatoms. The molecular weight excluding hydrogens is 559 g/mol. The van der Waals surface area contributed by atoms with E-state index in [4.69, 9.17) is 26.1 Å². The first-order chi connectivity index (χ1) is 19.7. The Morgan fingerprint density at radius 2 is 1.88 bits per heavy atom. The van der Waals surface area contributed by atoms with Gasteiger partial charge >= 0.3 is 6.18 Å². The van der Waals surface area contributed by atoms with Gasteiger partial charge in [-0.3, -0.25) is 9.88 Å². The highest BCUT2D eigenvalue weighted by Gasteiger charge is 2.41. The van der Waals surface area contributed by atoms with Crippen LogP contribution in [0.15, 0.2) is 42.9 Å². The fraction of sp³-hybridized carbons (Fsp3) is 0.429. The van der Waals surface area contributed by atoms with Crippen LogP contribution in [-0.2, 0) is 12.7 Å². The zero-order valence-electron chi connectivity index (χ0n) is 22.4. The number of benzene rings is 1. The molecule has 9 nitrogen and oxygen atoms in total. The van der Waals surface area contributed by atoms with E-state index in [1.54, 1.807) is 22.8 Å². The number of fused-ring (bicyclic) bond motifs is 1. The first-order valence-electron chi connectivity index (χ1n) is 13.5. The van der Waals surface area contributed by atoms with Gasteiger partial charge < -0.3 is 19.4 Å². The predicted octanol–water partition coefficient (Wildman–Crippen LogP) is 4.82. The number of nitrogens with one attached hydrogen (secondary N) is 1. The minimum Gasteiger partial charge on any atom is -0.492 e. The summed E-state index contributed by atoms with van der Waals surface area (Å²) >= 11 is 6.75. The van der Waals surface area contributed by atoms with Crippen LogP contribution in [0.4, 0.5) is 13.2 Å². The Kier molecular flexibility index (Phi) is 7.47. The maximum absolute atomic E-state index is 13.4. The van der Waals surface area contributed by atoms with Crippen LogP contribution in [0.3, 0.4) is 0 Å². The van der Waals surface area contributed by atoms with Gasteiger partial charge in [0.25, 0.3) is 0 Å². The molecule has 1 N–H and O–H groups in total. The number of imidazole rings is 1. The van der Waals surface area contributed by atoms with Crippen LogP contribution < -0.4 is 14.8 Å². The molecule has 0 unspecified atom stereocenters. The number of rotatable bonds is 9. The summed E-state index contributed by atoms with van der Waals surface area (Å²) < 4.78 is 54.1. The number of aromatic nitrogens is 5. The van der Waals surface area contributed by atoms with E-state index < -0.39 is 11.7 Å². The number of ether oxygens (including phenoxy) is 2. The van der Waals surface area contributed by atoms with Crippen molar-refractivity contribution in [3.05, 3.63) is 59.1 Å². The van der Waals surface area contributed by atoms with Gasteiger partial charge in [0.15, 0.2) is 11.2 Å². The minimum absolute atomic E-state index is 0.0251. The predicted molar refractivity (Wildman–Crippen MR) is 147 cm³/mol. The molecule has 1 aromatic carbocycles. The molecule has 0 bridgehead atoms. The van der Waals surface area contributed by atoms with Crippen molar-refractivity contribution in [2.24, 2.45) is 0 Å². The normalized spacial score (nSPS) is 17.1. The number of piperazine rings is 1. The average molecular weight is 588 g/mol. The van der Waals surface area contributed by atoms with Crippen LogP contribution in [0.2, 0.25) is 5.02 Å². The molecule has 0 amide bonds. The van der Waals surface area contributed by atoms with E-state index >= 15 is 0 Å². The molecule has 0 spiro atoms. The van der Waals surface area contributed by atoms with Gasteiger partial charge in [-0.15, -0.1) is 0 Å². The second kappa shape index (κ2) is 11.1. The second-order valence-corrected chi connectivity index (χ2v) is 10.9. The van der Waals surface area contributed by atoms with Crippen molar-refractivity contribution in [3.8, 4) is 23.0 Å². The van der Waals surface area contributed by atoms with E-state index in [-0.39, 0.29) is 17.8 Å². The van der Waals surface area contributed by atoms with E-state index in [0.717, 1.165) is 63.9 Å². The molecule has 0 radical (unpaired) electrons. The van der Waals surface area contributed by atoms with Gasteiger partial charge in [0.05, 0.1) is 22.8 Å². The molecule has 4 aromatic rings. The molecule has 2 aliphatic rings. The number of alkyl halides is 3. The lowest BCUT2D eigenvalue weighted by molar-refractivity contribution is -0.137. The quantitative estimate of drug-likeness (QED) is 0.298. The Morgan fingerprint density at radius 1 is 1.07 bits per heavy atom. The van der Waals surface area contributed by atoms with Crippen LogP contribution in [0.1, 0.15) is 31.0 Å². The molecule has 3 aromatic heterocycles. The largest absolute Gasteiger partial charge is 0.492 e. The SMILES string of the molecule is CC1(Oc2ncnc3c2nc(-c2ccc(OCCN4CCNCC4)cc2Cl)n3Cc2cc(C(F)(F)F)ccn2)CC1. The second-order valence-electron chi connectivity index (χ2n) is 10.5. The lowest BCUT2D eigenvalue weighted by Crippen LogP contribution is -2.44. The maximum atomic E-state index is 13.4. The molecule has 4 heterocycles. The molecule has 41 heavy (non-hydrogen) atoms. The highest BCUT2D eigenvalue weighted by atomic mass is 35.5. The van der Waals surface area contributed by atoms with Gasteiger partial charge in [-0.25, -0.2) is 9.97 Å². The van der Waals surface area contributed by atoms with Crippen molar-refractivity contribution in [1.82, 2.24) is 34.7 Å². The molecule has 2 fully saturated rings. The van der Waals surface area contributed by atoms with E-state index in [1.165, 1.54) is 6.33 Å². The Hall–Kier alpha value is -3.48. The van der Waals surface area contributed by atoms with Gasteiger partial charge in [-0.05, 0) is 50.1 Å². The number of hydrogen-bond acceptors (Lipinski definition) is 8. The molecule has 1 aliphatic carbocycles. The van der Waals surface area contributed by atoms with E-state index in [9.17, 15) is 13.2 Å². The van der Waals surface area contributed by atoms with E-state index in [0.29, 0.717) is 45.8 Å². The Labute approximate surface area is 239 Å².